The van der Waals surface area contributed by atoms with Crippen molar-refractivity contribution in [2.24, 2.45) is 0 Å². The summed E-state index contributed by atoms with van der Waals surface area (Å²) in [5.74, 6) is -0.907. The zero-order chi connectivity index (χ0) is 18.9. The number of furan rings is 1. The maximum absolute atomic E-state index is 11.8. The van der Waals surface area contributed by atoms with Crippen LogP contribution in [0.3, 0.4) is 0 Å². The molecule has 1 aromatic heterocycles. The predicted molar refractivity (Wildman–Crippen MR) is 93.0 cm³/mol. The minimum atomic E-state index is -0.650. The molecule has 0 fully saturated rings. The Morgan fingerprint density at radius 2 is 1.92 bits per heavy atom. The molecule has 0 saturated heterocycles. The molecule has 2 rings (SSSR count). The number of carbonyl (C=O) groups is 3. The number of methoxy groups -OCH3 is 1. The molecular weight excluding hydrogens is 338 g/mol. The third-order valence-electron chi connectivity index (χ3n) is 3.44. The number of carbonyl (C=O) groups excluding carboxylic acids is 3. The normalized spacial score (nSPS) is 11.8. The molecule has 1 heterocycles. The van der Waals surface area contributed by atoms with E-state index in [9.17, 15) is 14.4 Å². The van der Waals surface area contributed by atoms with Gasteiger partial charge in [-0.25, -0.2) is 9.59 Å². The van der Waals surface area contributed by atoms with E-state index in [0.29, 0.717) is 16.9 Å². The Kier molecular flexibility index (Phi) is 6.73. The van der Waals surface area contributed by atoms with Crippen LogP contribution in [0.15, 0.2) is 53.2 Å². The highest BCUT2D eigenvalue weighted by atomic mass is 16.5. The smallest absolute Gasteiger partial charge is 0.337 e. The van der Waals surface area contributed by atoms with Gasteiger partial charge >= 0.3 is 11.9 Å². The molecule has 7 nitrogen and oxygen atoms in total. The molecule has 1 N–H and O–H groups in total. The van der Waals surface area contributed by atoms with E-state index in [1.807, 2.05) is 0 Å². The zero-order valence-electron chi connectivity index (χ0n) is 14.4. The van der Waals surface area contributed by atoms with Crippen molar-refractivity contribution >= 4 is 23.9 Å². The highest BCUT2D eigenvalue weighted by molar-refractivity contribution is 5.91. The van der Waals surface area contributed by atoms with Gasteiger partial charge in [-0.15, -0.1) is 0 Å². The number of rotatable bonds is 7. The topological polar surface area (TPSA) is 94.8 Å². The van der Waals surface area contributed by atoms with Crippen molar-refractivity contribution in [1.29, 1.82) is 0 Å². The average molecular weight is 357 g/mol. The summed E-state index contributed by atoms with van der Waals surface area (Å²) < 4.78 is 14.7. The van der Waals surface area contributed by atoms with E-state index >= 15 is 0 Å². The maximum Gasteiger partial charge on any atom is 0.337 e. The van der Waals surface area contributed by atoms with Crippen LogP contribution in [0, 0.1) is 0 Å². The average Bonchev–Trinajstić information content (AvgIpc) is 3.19. The minimum Gasteiger partial charge on any atom is -0.467 e. The molecule has 136 valence electrons. The number of amides is 1. The van der Waals surface area contributed by atoms with Gasteiger partial charge in [0.15, 0.2) is 6.61 Å². The molecule has 7 heteroatoms. The van der Waals surface area contributed by atoms with Crippen LogP contribution in [0.2, 0.25) is 0 Å². The fourth-order valence-corrected chi connectivity index (χ4v) is 2.09. The van der Waals surface area contributed by atoms with Crippen molar-refractivity contribution in [2.75, 3.05) is 13.7 Å². The largest absolute Gasteiger partial charge is 0.467 e. The van der Waals surface area contributed by atoms with Crippen molar-refractivity contribution < 1.29 is 28.3 Å². The molecule has 0 aliphatic heterocycles. The summed E-state index contributed by atoms with van der Waals surface area (Å²) in [5.41, 5.74) is 1.11. The van der Waals surface area contributed by atoms with E-state index in [1.54, 1.807) is 43.3 Å². The van der Waals surface area contributed by atoms with Gasteiger partial charge in [-0.2, -0.15) is 0 Å². The van der Waals surface area contributed by atoms with Crippen LogP contribution in [0.25, 0.3) is 6.08 Å². The van der Waals surface area contributed by atoms with Gasteiger partial charge in [-0.3, -0.25) is 4.79 Å². The first-order chi connectivity index (χ1) is 12.5. The van der Waals surface area contributed by atoms with Gasteiger partial charge in [0, 0.05) is 6.08 Å². The van der Waals surface area contributed by atoms with Crippen LogP contribution in [-0.2, 0) is 19.1 Å². The fraction of sp³-hybridized carbons (Fsp3) is 0.211. The van der Waals surface area contributed by atoms with Crippen molar-refractivity contribution in [3.05, 3.63) is 65.6 Å². The van der Waals surface area contributed by atoms with Gasteiger partial charge in [0.05, 0.1) is 25.0 Å². The number of hydrogen-bond acceptors (Lipinski definition) is 6. The summed E-state index contributed by atoms with van der Waals surface area (Å²) >= 11 is 0. The molecule has 0 aliphatic carbocycles. The van der Waals surface area contributed by atoms with Crippen LogP contribution in [0.1, 0.15) is 34.6 Å². The molecule has 1 atom stereocenters. The highest BCUT2D eigenvalue weighted by Gasteiger charge is 2.12. The lowest BCUT2D eigenvalue weighted by Gasteiger charge is -2.11. The van der Waals surface area contributed by atoms with Gasteiger partial charge in [-0.05, 0) is 42.8 Å². The Bertz CT molecular complexity index is 777. The van der Waals surface area contributed by atoms with Gasteiger partial charge in [0.1, 0.15) is 5.76 Å². The number of esters is 2. The Morgan fingerprint density at radius 3 is 2.54 bits per heavy atom. The van der Waals surface area contributed by atoms with E-state index in [-0.39, 0.29) is 6.04 Å². The molecule has 26 heavy (non-hydrogen) atoms. The first-order valence-corrected chi connectivity index (χ1v) is 7.85. The van der Waals surface area contributed by atoms with E-state index in [4.69, 9.17) is 9.15 Å². The first kappa shape index (κ1) is 19.0. The van der Waals surface area contributed by atoms with E-state index in [2.05, 4.69) is 10.1 Å². The van der Waals surface area contributed by atoms with E-state index < -0.39 is 24.5 Å². The lowest BCUT2D eigenvalue weighted by Crippen LogP contribution is -2.30. The van der Waals surface area contributed by atoms with Crippen LogP contribution in [-0.4, -0.2) is 31.6 Å². The van der Waals surface area contributed by atoms with E-state index in [1.165, 1.54) is 25.5 Å². The van der Waals surface area contributed by atoms with Crippen LogP contribution in [0.5, 0.6) is 0 Å². The van der Waals surface area contributed by atoms with Crippen molar-refractivity contribution in [1.82, 2.24) is 5.32 Å². The molecular formula is C19H19NO6. The summed E-state index contributed by atoms with van der Waals surface area (Å²) in [7, 11) is 1.30. The van der Waals surface area contributed by atoms with Crippen molar-refractivity contribution in [3.8, 4) is 0 Å². The zero-order valence-corrected chi connectivity index (χ0v) is 14.4. The number of hydrogen-bond donors (Lipinski definition) is 1. The Hall–Kier alpha value is -3.35. The minimum absolute atomic E-state index is 0.319. The van der Waals surface area contributed by atoms with Gasteiger partial charge in [-0.1, -0.05) is 12.1 Å². The van der Waals surface area contributed by atoms with Crippen LogP contribution >= 0.6 is 0 Å². The summed E-state index contributed by atoms with van der Waals surface area (Å²) in [4.78, 5) is 34.8. The van der Waals surface area contributed by atoms with Gasteiger partial charge in [0.25, 0.3) is 5.91 Å². The molecule has 0 aliphatic rings. The molecule has 0 spiro atoms. The Balaban J connectivity index is 1.78. The second-order valence-electron chi connectivity index (χ2n) is 5.36. The van der Waals surface area contributed by atoms with E-state index in [0.717, 1.165) is 0 Å². The SMILES string of the molecule is COC(=O)c1ccc(/C=C/C(=O)OCC(=O)N[C@H](C)c2ccco2)cc1. The van der Waals surface area contributed by atoms with Gasteiger partial charge in [0.2, 0.25) is 0 Å². The summed E-state index contributed by atoms with van der Waals surface area (Å²) in [5, 5.41) is 2.66. The van der Waals surface area contributed by atoms with Crippen LogP contribution < -0.4 is 5.32 Å². The predicted octanol–water partition coefficient (Wildman–Crippen LogP) is 2.50. The molecule has 0 unspecified atom stereocenters. The quantitative estimate of drug-likeness (QED) is 0.604. The number of benzene rings is 1. The van der Waals surface area contributed by atoms with Crippen molar-refractivity contribution in [2.45, 2.75) is 13.0 Å². The number of nitrogens with one attached hydrogen (secondary N) is 1. The fourth-order valence-electron chi connectivity index (χ4n) is 2.09. The third kappa shape index (κ3) is 5.62. The lowest BCUT2D eigenvalue weighted by atomic mass is 10.1. The standard InChI is InChI=1S/C19H19NO6/c1-13(16-4-3-11-25-16)20-17(21)12-26-18(22)10-7-14-5-8-15(9-6-14)19(23)24-2/h3-11,13H,12H2,1-2H3,(H,20,21)/b10-7+/t13-/m1/s1. The highest BCUT2D eigenvalue weighted by Crippen LogP contribution is 2.11. The summed E-state index contributed by atoms with van der Waals surface area (Å²) in [6, 6.07) is 9.63. The van der Waals surface area contributed by atoms with Crippen LogP contribution in [0.4, 0.5) is 0 Å². The molecule has 0 bridgehead atoms. The van der Waals surface area contributed by atoms with Crippen molar-refractivity contribution in [3.63, 3.8) is 0 Å². The molecule has 1 amide bonds. The lowest BCUT2D eigenvalue weighted by molar-refractivity contribution is -0.144. The van der Waals surface area contributed by atoms with Gasteiger partial charge < -0.3 is 19.2 Å². The molecule has 1 aromatic carbocycles. The maximum atomic E-state index is 11.8. The summed E-state index contributed by atoms with van der Waals surface area (Å²) in [6.45, 7) is 1.37. The Morgan fingerprint density at radius 1 is 1.19 bits per heavy atom. The number of ether oxygens (including phenoxy) is 2. The Labute approximate surface area is 150 Å². The second kappa shape index (κ2) is 9.22. The molecule has 2 aromatic rings. The molecule has 0 radical (unpaired) electrons. The molecule has 0 saturated carbocycles. The first-order valence-electron chi connectivity index (χ1n) is 7.85. The second-order valence-corrected chi connectivity index (χ2v) is 5.36. The summed E-state index contributed by atoms with van der Waals surface area (Å²) in [6.07, 6.45) is 4.24. The monoisotopic (exact) mass is 357 g/mol. The third-order valence-corrected chi connectivity index (χ3v) is 3.44.